The molecule has 0 spiro atoms. The minimum absolute atomic E-state index is 0.117. The van der Waals surface area contributed by atoms with Crippen molar-refractivity contribution in [3.05, 3.63) is 35.9 Å². The monoisotopic (exact) mass is 307 g/mol. The van der Waals surface area contributed by atoms with E-state index >= 15 is 0 Å². The van der Waals surface area contributed by atoms with Crippen LogP contribution in [0.1, 0.15) is 26.3 Å². The summed E-state index contributed by atoms with van der Waals surface area (Å²) < 4.78 is 5.64. The van der Waals surface area contributed by atoms with E-state index in [1.54, 1.807) is 14.0 Å². The second kappa shape index (κ2) is 7.94. The number of carboxylic acids is 1. The summed E-state index contributed by atoms with van der Waals surface area (Å²) >= 11 is 0. The lowest BCUT2D eigenvalue weighted by Crippen LogP contribution is -2.43. The molecule has 5 heteroatoms. The van der Waals surface area contributed by atoms with Gasteiger partial charge in [-0.1, -0.05) is 37.3 Å². The maximum Gasteiger partial charge on any atom is 0.308 e. The van der Waals surface area contributed by atoms with Gasteiger partial charge in [0.2, 0.25) is 5.91 Å². The fourth-order valence-corrected chi connectivity index (χ4v) is 2.15. The average molecular weight is 307 g/mol. The van der Waals surface area contributed by atoms with Crippen molar-refractivity contribution in [3.8, 4) is 0 Å². The number of ether oxygens (including phenoxy) is 1. The Balaban J connectivity index is 2.50. The highest BCUT2D eigenvalue weighted by atomic mass is 16.5. The highest BCUT2D eigenvalue weighted by molar-refractivity contribution is 5.82. The first-order chi connectivity index (χ1) is 10.2. The lowest BCUT2D eigenvalue weighted by atomic mass is 9.92. The largest absolute Gasteiger partial charge is 0.481 e. The Hall–Kier alpha value is -1.88. The highest BCUT2D eigenvalue weighted by Gasteiger charge is 2.32. The maximum atomic E-state index is 12.4. The fraction of sp³-hybridized carbons (Fsp3) is 0.529. The molecule has 1 atom stereocenters. The third kappa shape index (κ3) is 5.48. The summed E-state index contributed by atoms with van der Waals surface area (Å²) in [7, 11) is 1.63. The summed E-state index contributed by atoms with van der Waals surface area (Å²) in [4.78, 5) is 24.8. The van der Waals surface area contributed by atoms with Gasteiger partial charge in [-0.25, -0.2) is 0 Å². The van der Waals surface area contributed by atoms with E-state index in [-0.39, 0.29) is 19.1 Å². The molecule has 0 saturated carbocycles. The zero-order chi connectivity index (χ0) is 16.8. The van der Waals surface area contributed by atoms with Crippen molar-refractivity contribution in [1.82, 2.24) is 4.90 Å². The lowest BCUT2D eigenvalue weighted by molar-refractivity contribution is -0.146. The van der Waals surface area contributed by atoms with Crippen LogP contribution < -0.4 is 0 Å². The SMILES string of the molecule is CC(CN(C)C(=O)C(C)(C)COCc1ccccc1)C(=O)O. The summed E-state index contributed by atoms with van der Waals surface area (Å²) in [5.74, 6) is -1.61. The van der Waals surface area contributed by atoms with Crippen molar-refractivity contribution in [2.24, 2.45) is 11.3 Å². The van der Waals surface area contributed by atoms with Gasteiger partial charge in [-0.15, -0.1) is 0 Å². The van der Waals surface area contributed by atoms with Gasteiger partial charge in [0, 0.05) is 13.6 Å². The van der Waals surface area contributed by atoms with Crippen LogP contribution in [0.15, 0.2) is 30.3 Å². The van der Waals surface area contributed by atoms with E-state index in [0.29, 0.717) is 6.61 Å². The predicted octanol–water partition coefficient (Wildman–Crippen LogP) is 2.41. The Kier molecular flexibility index (Phi) is 6.56. The van der Waals surface area contributed by atoms with Gasteiger partial charge in [-0.3, -0.25) is 9.59 Å². The Labute approximate surface area is 131 Å². The van der Waals surface area contributed by atoms with Crippen molar-refractivity contribution in [3.63, 3.8) is 0 Å². The number of nitrogens with zero attached hydrogens (tertiary/aromatic N) is 1. The van der Waals surface area contributed by atoms with Gasteiger partial charge >= 0.3 is 5.97 Å². The van der Waals surface area contributed by atoms with E-state index in [9.17, 15) is 9.59 Å². The van der Waals surface area contributed by atoms with Crippen molar-refractivity contribution in [2.75, 3.05) is 20.2 Å². The molecule has 0 aliphatic rings. The molecule has 0 heterocycles. The third-order valence-corrected chi connectivity index (χ3v) is 3.47. The Bertz CT molecular complexity index is 499. The first-order valence-corrected chi connectivity index (χ1v) is 7.34. The zero-order valence-electron chi connectivity index (χ0n) is 13.7. The molecule has 0 saturated heterocycles. The summed E-state index contributed by atoms with van der Waals surface area (Å²) in [6.07, 6.45) is 0. The average Bonchev–Trinajstić information content (AvgIpc) is 2.47. The maximum absolute atomic E-state index is 12.4. The number of hydrogen-bond acceptors (Lipinski definition) is 3. The summed E-state index contributed by atoms with van der Waals surface area (Å²) in [5, 5.41) is 8.92. The Morgan fingerprint density at radius 3 is 2.41 bits per heavy atom. The first kappa shape index (κ1) is 18.2. The molecule has 1 unspecified atom stereocenters. The van der Waals surface area contributed by atoms with E-state index in [1.807, 2.05) is 44.2 Å². The van der Waals surface area contributed by atoms with E-state index in [4.69, 9.17) is 9.84 Å². The van der Waals surface area contributed by atoms with E-state index in [1.165, 1.54) is 4.90 Å². The lowest BCUT2D eigenvalue weighted by Gasteiger charge is -2.30. The molecule has 22 heavy (non-hydrogen) atoms. The van der Waals surface area contributed by atoms with Crippen LogP contribution in [-0.2, 0) is 20.9 Å². The zero-order valence-corrected chi connectivity index (χ0v) is 13.7. The van der Waals surface area contributed by atoms with E-state index in [2.05, 4.69) is 0 Å². The van der Waals surface area contributed by atoms with Gasteiger partial charge in [-0.05, 0) is 19.4 Å². The standard InChI is InChI=1S/C17H25NO4/c1-13(15(19)20)10-18(4)16(21)17(2,3)12-22-11-14-8-6-5-7-9-14/h5-9,13H,10-12H2,1-4H3,(H,19,20). The van der Waals surface area contributed by atoms with Crippen LogP contribution in [0.25, 0.3) is 0 Å². The molecule has 1 rings (SSSR count). The molecule has 122 valence electrons. The van der Waals surface area contributed by atoms with Gasteiger partial charge in [0.1, 0.15) is 0 Å². The van der Waals surface area contributed by atoms with Gasteiger partial charge < -0.3 is 14.7 Å². The van der Waals surface area contributed by atoms with Gasteiger partial charge in [0.15, 0.2) is 0 Å². The van der Waals surface area contributed by atoms with Crippen molar-refractivity contribution in [1.29, 1.82) is 0 Å². The summed E-state index contributed by atoms with van der Waals surface area (Å²) in [6.45, 7) is 6.13. The highest BCUT2D eigenvalue weighted by Crippen LogP contribution is 2.20. The molecule has 0 radical (unpaired) electrons. The van der Waals surface area contributed by atoms with Crippen LogP contribution in [0.2, 0.25) is 0 Å². The fourth-order valence-electron chi connectivity index (χ4n) is 2.15. The van der Waals surface area contributed by atoms with Crippen LogP contribution in [0.3, 0.4) is 0 Å². The number of rotatable bonds is 8. The van der Waals surface area contributed by atoms with Gasteiger partial charge in [-0.2, -0.15) is 0 Å². The van der Waals surface area contributed by atoms with Crippen LogP contribution in [0.4, 0.5) is 0 Å². The molecule has 1 aromatic carbocycles. The summed E-state index contributed by atoms with van der Waals surface area (Å²) in [5.41, 5.74) is 0.362. The quantitative estimate of drug-likeness (QED) is 0.801. The second-order valence-electron chi connectivity index (χ2n) is 6.29. The molecule has 1 aromatic rings. The minimum atomic E-state index is -0.905. The minimum Gasteiger partial charge on any atom is -0.481 e. The van der Waals surface area contributed by atoms with Crippen molar-refractivity contribution >= 4 is 11.9 Å². The number of amides is 1. The number of hydrogen-bond donors (Lipinski definition) is 1. The molecule has 1 amide bonds. The summed E-state index contributed by atoms with van der Waals surface area (Å²) in [6, 6.07) is 9.76. The van der Waals surface area contributed by atoms with Gasteiger partial charge in [0.25, 0.3) is 0 Å². The van der Waals surface area contributed by atoms with Crippen LogP contribution >= 0.6 is 0 Å². The number of benzene rings is 1. The second-order valence-corrected chi connectivity index (χ2v) is 6.29. The molecule has 0 bridgehead atoms. The molecule has 5 nitrogen and oxygen atoms in total. The smallest absolute Gasteiger partial charge is 0.308 e. The topological polar surface area (TPSA) is 66.8 Å². The number of carbonyl (C=O) groups excluding carboxylic acids is 1. The normalized spacial score (nSPS) is 12.7. The van der Waals surface area contributed by atoms with Crippen LogP contribution in [0.5, 0.6) is 0 Å². The molecule has 0 aliphatic heterocycles. The molecule has 1 N–H and O–H groups in total. The molecular weight excluding hydrogens is 282 g/mol. The van der Waals surface area contributed by atoms with E-state index < -0.39 is 17.3 Å². The van der Waals surface area contributed by atoms with Gasteiger partial charge in [0.05, 0.1) is 24.5 Å². The predicted molar refractivity (Wildman–Crippen MR) is 84.3 cm³/mol. The molecular formula is C17H25NO4. The molecule has 0 aliphatic carbocycles. The number of carbonyl (C=O) groups is 2. The van der Waals surface area contributed by atoms with Crippen LogP contribution in [-0.4, -0.2) is 42.1 Å². The third-order valence-electron chi connectivity index (χ3n) is 3.47. The van der Waals surface area contributed by atoms with Crippen molar-refractivity contribution < 1.29 is 19.4 Å². The van der Waals surface area contributed by atoms with E-state index in [0.717, 1.165) is 5.56 Å². The number of aliphatic carboxylic acids is 1. The van der Waals surface area contributed by atoms with Crippen molar-refractivity contribution in [2.45, 2.75) is 27.4 Å². The Morgan fingerprint density at radius 1 is 1.27 bits per heavy atom. The number of carboxylic acid groups (broad SMARTS) is 1. The molecule has 0 aromatic heterocycles. The van der Waals surface area contributed by atoms with Crippen LogP contribution in [0, 0.1) is 11.3 Å². The molecule has 0 fully saturated rings. The Morgan fingerprint density at radius 2 is 1.86 bits per heavy atom. The first-order valence-electron chi connectivity index (χ1n) is 7.34.